The topological polar surface area (TPSA) is 72.3 Å². The number of H-pyrrole nitrogens is 1. The van der Waals surface area contributed by atoms with E-state index in [2.05, 4.69) is 49.9 Å². The summed E-state index contributed by atoms with van der Waals surface area (Å²) in [5.41, 5.74) is 0. The highest BCUT2D eigenvalue weighted by Gasteiger charge is 2.18. The van der Waals surface area contributed by atoms with Gasteiger partial charge < -0.3 is 4.57 Å². The highest BCUT2D eigenvalue weighted by molar-refractivity contribution is 7.99. The van der Waals surface area contributed by atoms with Crippen LogP contribution in [0, 0.1) is 0 Å². The number of thioether (sulfide) groups is 1. The molecule has 104 valence electrons. The predicted molar refractivity (Wildman–Crippen MR) is 79.7 cm³/mol. The summed E-state index contributed by atoms with van der Waals surface area (Å²) >= 11 is 3.31. The largest absolute Gasteiger partial charge is 0.302 e. The molecule has 3 rings (SSSR count). The summed E-state index contributed by atoms with van der Waals surface area (Å²) in [6.07, 6.45) is 1.52. The van der Waals surface area contributed by atoms with Gasteiger partial charge in [0, 0.05) is 6.54 Å². The molecule has 0 aromatic carbocycles. The van der Waals surface area contributed by atoms with Gasteiger partial charge in [0.1, 0.15) is 12.2 Å². The molecule has 0 aliphatic heterocycles. The first-order chi connectivity index (χ1) is 9.79. The van der Waals surface area contributed by atoms with Crippen molar-refractivity contribution < 1.29 is 0 Å². The van der Waals surface area contributed by atoms with E-state index in [4.69, 9.17) is 0 Å². The molecule has 6 nitrogen and oxygen atoms in total. The van der Waals surface area contributed by atoms with Gasteiger partial charge >= 0.3 is 0 Å². The van der Waals surface area contributed by atoms with E-state index in [1.165, 1.54) is 6.33 Å². The van der Waals surface area contributed by atoms with Crippen LogP contribution in [0.5, 0.6) is 0 Å². The normalized spacial score (nSPS) is 12.7. The zero-order chi connectivity index (χ0) is 13.9. The standard InChI is InChI=1S/C12H14N6S2/c1-3-18-11(9-5-4-6-19-9)16-17-12(18)20-8(2)10-13-7-14-15-10/h4-8H,3H2,1-2H3,(H,13,14,15). The van der Waals surface area contributed by atoms with Gasteiger partial charge in [-0.15, -0.1) is 21.5 Å². The van der Waals surface area contributed by atoms with Gasteiger partial charge in [-0.05, 0) is 25.3 Å². The van der Waals surface area contributed by atoms with Crippen molar-refractivity contribution in [3.63, 3.8) is 0 Å². The molecule has 20 heavy (non-hydrogen) atoms. The van der Waals surface area contributed by atoms with E-state index in [1.54, 1.807) is 23.1 Å². The van der Waals surface area contributed by atoms with Crippen LogP contribution in [0.4, 0.5) is 0 Å². The first kappa shape index (κ1) is 13.3. The molecule has 8 heteroatoms. The fourth-order valence-electron chi connectivity index (χ4n) is 1.87. The molecule has 1 N–H and O–H groups in total. The van der Waals surface area contributed by atoms with Crippen molar-refractivity contribution in [2.24, 2.45) is 0 Å². The molecule has 0 aliphatic carbocycles. The van der Waals surface area contributed by atoms with Crippen LogP contribution in [-0.4, -0.2) is 29.9 Å². The number of aromatic nitrogens is 6. The zero-order valence-electron chi connectivity index (χ0n) is 11.1. The number of rotatable bonds is 5. The van der Waals surface area contributed by atoms with E-state index in [0.29, 0.717) is 0 Å². The van der Waals surface area contributed by atoms with Gasteiger partial charge in [0.15, 0.2) is 11.0 Å². The van der Waals surface area contributed by atoms with Crippen molar-refractivity contribution in [3.05, 3.63) is 29.7 Å². The minimum Gasteiger partial charge on any atom is -0.302 e. The number of aromatic amines is 1. The average molecular weight is 306 g/mol. The molecular formula is C12H14N6S2. The summed E-state index contributed by atoms with van der Waals surface area (Å²) in [5.74, 6) is 1.77. The molecular weight excluding hydrogens is 292 g/mol. The molecule has 0 spiro atoms. The van der Waals surface area contributed by atoms with Crippen molar-refractivity contribution >= 4 is 23.1 Å². The van der Waals surface area contributed by atoms with Gasteiger partial charge in [0.05, 0.1) is 10.1 Å². The molecule has 0 saturated carbocycles. The number of thiophene rings is 1. The fourth-order valence-corrected chi connectivity index (χ4v) is 3.56. The first-order valence-corrected chi connectivity index (χ1v) is 8.04. The van der Waals surface area contributed by atoms with E-state index >= 15 is 0 Å². The summed E-state index contributed by atoms with van der Waals surface area (Å²) in [6, 6.07) is 4.09. The second kappa shape index (κ2) is 5.76. The van der Waals surface area contributed by atoms with E-state index in [1.807, 2.05) is 11.4 Å². The molecule has 3 aromatic rings. The maximum atomic E-state index is 4.32. The molecule has 0 aliphatic rings. The van der Waals surface area contributed by atoms with Crippen LogP contribution < -0.4 is 0 Å². The lowest BCUT2D eigenvalue weighted by molar-refractivity contribution is 0.685. The lowest BCUT2D eigenvalue weighted by atomic mass is 10.4. The van der Waals surface area contributed by atoms with Crippen LogP contribution >= 0.6 is 23.1 Å². The Bertz CT molecular complexity index is 658. The molecule has 0 radical (unpaired) electrons. The second-order valence-corrected chi connectivity index (χ2v) is 6.41. The Hall–Kier alpha value is -1.67. The van der Waals surface area contributed by atoms with Crippen molar-refractivity contribution in [3.8, 4) is 10.7 Å². The Kier molecular flexibility index (Phi) is 3.83. The van der Waals surface area contributed by atoms with Gasteiger partial charge in [-0.3, -0.25) is 5.10 Å². The number of hydrogen-bond acceptors (Lipinski definition) is 6. The van der Waals surface area contributed by atoms with E-state index in [9.17, 15) is 0 Å². The zero-order valence-corrected chi connectivity index (χ0v) is 12.8. The van der Waals surface area contributed by atoms with Crippen molar-refractivity contribution in [2.75, 3.05) is 0 Å². The molecule has 3 aromatic heterocycles. The van der Waals surface area contributed by atoms with Crippen LogP contribution in [0.25, 0.3) is 10.7 Å². The van der Waals surface area contributed by atoms with Crippen LogP contribution in [0.2, 0.25) is 0 Å². The Morgan fingerprint density at radius 3 is 3.00 bits per heavy atom. The summed E-state index contributed by atoms with van der Waals surface area (Å²) in [4.78, 5) is 5.32. The van der Waals surface area contributed by atoms with Gasteiger partial charge in [0.2, 0.25) is 0 Å². The van der Waals surface area contributed by atoms with Crippen LogP contribution in [0.1, 0.15) is 24.9 Å². The third-order valence-electron chi connectivity index (χ3n) is 2.88. The van der Waals surface area contributed by atoms with Crippen molar-refractivity contribution in [2.45, 2.75) is 30.8 Å². The SMILES string of the molecule is CCn1c(SC(C)c2ncn[nH]2)nnc1-c1cccs1. The Morgan fingerprint density at radius 2 is 2.35 bits per heavy atom. The number of hydrogen-bond donors (Lipinski definition) is 1. The highest BCUT2D eigenvalue weighted by atomic mass is 32.2. The molecule has 3 heterocycles. The Labute approximate surface area is 124 Å². The van der Waals surface area contributed by atoms with Gasteiger partial charge in [-0.25, -0.2) is 4.98 Å². The lowest BCUT2D eigenvalue weighted by Crippen LogP contribution is -2.01. The number of nitrogens with one attached hydrogen (secondary N) is 1. The van der Waals surface area contributed by atoms with E-state index < -0.39 is 0 Å². The Balaban J connectivity index is 1.87. The van der Waals surface area contributed by atoms with Crippen molar-refractivity contribution in [1.82, 2.24) is 29.9 Å². The maximum Gasteiger partial charge on any atom is 0.192 e. The van der Waals surface area contributed by atoms with Gasteiger partial charge in [-0.1, -0.05) is 17.8 Å². The van der Waals surface area contributed by atoms with Crippen LogP contribution in [-0.2, 0) is 6.54 Å². The molecule has 0 fully saturated rings. The minimum absolute atomic E-state index is 0.156. The quantitative estimate of drug-likeness (QED) is 0.734. The summed E-state index contributed by atoms with van der Waals surface area (Å²) in [5, 5.41) is 18.5. The predicted octanol–water partition coefficient (Wildman–Crippen LogP) is 3.00. The molecule has 0 saturated heterocycles. The van der Waals surface area contributed by atoms with E-state index in [-0.39, 0.29) is 5.25 Å². The molecule has 1 atom stereocenters. The summed E-state index contributed by atoms with van der Waals surface area (Å²) in [6.45, 7) is 5.01. The Morgan fingerprint density at radius 1 is 1.45 bits per heavy atom. The minimum atomic E-state index is 0.156. The van der Waals surface area contributed by atoms with Gasteiger partial charge in [-0.2, -0.15) is 5.10 Å². The molecule has 0 amide bonds. The van der Waals surface area contributed by atoms with Crippen LogP contribution in [0.3, 0.4) is 0 Å². The third-order valence-corrected chi connectivity index (χ3v) is 4.83. The highest BCUT2D eigenvalue weighted by Crippen LogP contribution is 2.34. The second-order valence-electron chi connectivity index (χ2n) is 4.16. The number of nitrogens with zero attached hydrogens (tertiary/aromatic N) is 5. The van der Waals surface area contributed by atoms with E-state index in [0.717, 1.165) is 28.2 Å². The van der Waals surface area contributed by atoms with Crippen LogP contribution in [0.15, 0.2) is 29.0 Å². The van der Waals surface area contributed by atoms with Crippen molar-refractivity contribution in [1.29, 1.82) is 0 Å². The third kappa shape index (κ3) is 2.48. The summed E-state index contributed by atoms with van der Waals surface area (Å²) < 4.78 is 2.13. The average Bonchev–Trinajstić information content (AvgIpc) is 3.19. The summed E-state index contributed by atoms with van der Waals surface area (Å²) in [7, 11) is 0. The maximum absolute atomic E-state index is 4.32. The molecule has 0 bridgehead atoms. The smallest absolute Gasteiger partial charge is 0.192 e. The first-order valence-electron chi connectivity index (χ1n) is 6.28. The fraction of sp³-hybridized carbons (Fsp3) is 0.333. The monoisotopic (exact) mass is 306 g/mol. The lowest BCUT2D eigenvalue weighted by Gasteiger charge is -2.09. The molecule has 1 unspecified atom stereocenters. The van der Waals surface area contributed by atoms with Gasteiger partial charge in [0.25, 0.3) is 0 Å².